The number of piperidine rings is 1. The molecule has 0 aromatic carbocycles. The maximum Gasteiger partial charge on any atom is 0.0460 e. The van der Waals surface area contributed by atoms with E-state index in [0.717, 1.165) is 6.04 Å². The number of nitrogens with two attached hydrogens (primary N) is 1. The highest BCUT2D eigenvalue weighted by molar-refractivity contribution is 4.91. The summed E-state index contributed by atoms with van der Waals surface area (Å²) in [7, 11) is 0. The molecule has 0 bridgehead atoms. The molecular formula is C10H20N2O. The van der Waals surface area contributed by atoms with Gasteiger partial charge >= 0.3 is 0 Å². The van der Waals surface area contributed by atoms with E-state index in [9.17, 15) is 0 Å². The van der Waals surface area contributed by atoms with Crippen LogP contribution in [0.4, 0.5) is 0 Å². The van der Waals surface area contributed by atoms with Gasteiger partial charge in [0.2, 0.25) is 0 Å². The lowest BCUT2D eigenvalue weighted by Gasteiger charge is -2.44. The highest BCUT2D eigenvalue weighted by atomic mass is 16.3. The predicted molar refractivity (Wildman–Crippen MR) is 52.4 cm³/mol. The molecule has 2 rings (SSSR count). The second-order valence-electron chi connectivity index (χ2n) is 4.55. The van der Waals surface area contributed by atoms with Gasteiger partial charge in [0.15, 0.2) is 0 Å². The van der Waals surface area contributed by atoms with Crippen LogP contribution < -0.4 is 5.73 Å². The Labute approximate surface area is 79.9 Å². The quantitative estimate of drug-likeness (QED) is 0.643. The van der Waals surface area contributed by atoms with Crippen LogP contribution >= 0.6 is 0 Å². The summed E-state index contributed by atoms with van der Waals surface area (Å²) in [5.41, 5.74) is 5.76. The van der Waals surface area contributed by atoms with Gasteiger partial charge in [-0.2, -0.15) is 0 Å². The molecule has 3 N–H and O–H groups in total. The van der Waals surface area contributed by atoms with Crippen molar-refractivity contribution < 1.29 is 5.11 Å². The molecule has 1 aliphatic heterocycles. The molecule has 3 nitrogen and oxygen atoms in total. The first kappa shape index (κ1) is 9.44. The fourth-order valence-corrected chi connectivity index (χ4v) is 2.43. The Morgan fingerprint density at radius 3 is 2.31 bits per heavy atom. The minimum absolute atomic E-state index is 0.373. The van der Waals surface area contributed by atoms with Crippen molar-refractivity contribution in [2.45, 2.75) is 37.8 Å². The molecule has 2 aliphatic rings. The average Bonchev–Trinajstić information content (AvgIpc) is 2.13. The van der Waals surface area contributed by atoms with Crippen molar-refractivity contribution in [3.63, 3.8) is 0 Å². The maximum absolute atomic E-state index is 8.99. The standard InChI is InChI=1S/C10H20N2O/c11-9-5-10(6-9)12-3-1-8(7-13)2-4-12/h8-10,13H,1-7,11H2. The van der Waals surface area contributed by atoms with Gasteiger partial charge in [0, 0.05) is 18.7 Å². The summed E-state index contributed by atoms with van der Waals surface area (Å²) in [6, 6.07) is 1.22. The number of hydrogen-bond acceptors (Lipinski definition) is 3. The summed E-state index contributed by atoms with van der Waals surface area (Å²) < 4.78 is 0. The van der Waals surface area contributed by atoms with Crippen LogP contribution in [0.5, 0.6) is 0 Å². The zero-order valence-electron chi connectivity index (χ0n) is 8.15. The van der Waals surface area contributed by atoms with Gasteiger partial charge in [-0.05, 0) is 44.7 Å². The zero-order chi connectivity index (χ0) is 9.26. The van der Waals surface area contributed by atoms with Gasteiger partial charge < -0.3 is 15.7 Å². The zero-order valence-corrected chi connectivity index (χ0v) is 8.15. The van der Waals surface area contributed by atoms with Crippen LogP contribution in [0.1, 0.15) is 25.7 Å². The molecule has 13 heavy (non-hydrogen) atoms. The molecule has 0 radical (unpaired) electrons. The van der Waals surface area contributed by atoms with Crippen LogP contribution in [0.2, 0.25) is 0 Å². The minimum atomic E-state index is 0.373. The maximum atomic E-state index is 8.99. The number of nitrogens with zero attached hydrogens (tertiary/aromatic N) is 1. The second kappa shape index (κ2) is 3.95. The highest BCUT2D eigenvalue weighted by Gasteiger charge is 2.32. The topological polar surface area (TPSA) is 49.5 Å². The Hall–Kier alpha value is -0.120. The van der Waals surface area contributed by atoms with Crippen LogP contribution in [0, 0.1) is 5.92 Å². The second-order valence-corrected chi connectivity index (χ2v) is 4.55. The molecule has 2 fully saturated rings. The lowest BCUT2D eigenvalue weighted by atomic mass is 9.84. The molecule has 76 valence electrons. The fraction of sp³-hybridized carbons (Fsp3) is 1.00. The molecule has 1 saturated carbocycles. The molecule has 0 spiro atoms. The van der Waals surface area contributed by atoms with E-state index >= 15 is 0 Å². The molecule has 1 aliphatic carbocycles. The van der Waals surface area contributed by atoms with Gasteiger partial charge in [-0.3, -0.25) is 0 Å². The van der Waals surface area contributed by atoms with Crippen LogP contribution in [0.25, 0.3) is 0 Å². The van der Waals surface area contributed by atoms with Crippen LogP contribution in [-0.4, -0.2) is 41.8 Å². The number of likely N-dealkylation sites (tertiary alicyclic amines) is 1. The van der Waals surface area contributed by atoms with Crippen molar-refractivity contribution in [1.82, 2.24) is 4.90 Å². The number of aliphatic hydroxyl groups is 1. The Kier molecular flexibility index (Phi) is 2.86. The molecule has 0 aromatic heterocycles. The molecule has 1 heterocycles. The van der Waals surface area contributed by atoms with E-state index in [2.05, 4.69) is 4.90 Å². The Morgan fingerprint density at radius 2 is 1.85 bits per heavy atom. The van der Waals surface area contributed by atoms with Crippen molar-refractivity contribution in [3.05, 3.63) is 0 Å². The van der Waals surface area contributed by atoms with Crippen molar-refractivity contribution in [1.29, 1.82) is 0 Å². The first-order valence-corrected chi connectivity index (χ1v) is 5.40. The van der Waals surface area contributed by atoms with Crippen LogP contribution in [-0.2, 0) is 0 Å². The third-order valence-corrected chi connectivity index (χ3v) is 3.57. The van der Waals surface area contributed by atoms with Crippen molar-refractivity contribution in [3.8, 4) is 0 Å². The highest BCUT2D eigenvalue weighted by Crippen LogP contribution is 2.28. The SMILES string of the molecule is NC1CC(N2CCC(CO)CC2)C1. The third-order valence-electron chi connectivity index (χ3n) is 3.57. The normalized spacial score (nSPS) is 37.4. The van der Waals surface area contributed by atoms with Gasteiger partial charge in [0.05, 0.1) is 0 Å². The Morgan fingerprint density at radius 1 is 1.23 bits per heavy atom. The van der Waals surface area contributed by atoms with Crippen LogP contribution in [0.15, 0.2) is 0 Å². The first-order chi connectivity index (χ1) is 6.29. The van der Waals surface area contributed by atoms with Crippen LogP contribution in [0.3, 0.4) is 0 Å². The van der Waals surface area contributed by atoms with Gasteiger partial charge in [-0.25, -0.2) is 0 Å². The summed E-state index contributed by atoms with van der Waals surface area (Å²) in [5, 5.41) is 8.99. The van der Waals surface area contributed by atoms with Gasteiger partial charge in [-0.1, -0.05) is 0 Å². The summed E-state index contributed by atoms with van der Waals surface area (Å²) in [5.74, 6) is 0.560. The van der Waals surface area contributed by atoms with Crippen molar-refractivity contribution in [2.24, 2.45) is 11.7 Å². The molecule has 1 saturated heterocycles. The third kappa shape index (κ3) is 2.03. The summed E-state index contributed by atoms with van der Waals surface area (Å²) in [6.07, 6.45) is 4.71. The van der Waals surface area contributed by atoms with E-state index in [1.54, 1.807) is 0 Å². The van der Waals surface area contributed by atoms with Crippen molar-refractivity contribution in [2.75, 3.05) is 19.7 Å². The van der Waals surface area contributed by atoms with E-state index in [4.69, 9.17) is 10.8 Å². The molecular weight excluding hydrogens is 164 g/mol. The Balaban J connectivity index is 1.72. The van der Waals surface area contributed by atoms with E-state index in [1.165, 1.54) is 38.8 Å². The lowest BCUT2D eigenvalue weighted by Crippen LogP contribution is -2.52. The number of hydrogen-bond donors (Lipinski definition) is 2. The number of rotatable bonds is 2. The monoisotopic (exact) mass is 184 g/mol. The largest absolute Gasteiger partial charge is 0.396 e. The van der Waals surface area contributed by atoms with Gasteiger partial charge in [-0.15, -0.1) is 0 Å². The first-order valence-electron chi connectivity index (χ1n) is 5.40. The average molecular weight is 184 g/mol. The predicted octanol–water partition coefficient (Wildman–Crippen LogP) is 0.180. The molecule has 3 heteroatoms. The van der Waals surface area contributed by atoms with E-state index in [0.29, 0.717) is 18.6 Å². The van der Waals surface area contributed by atoms with Crippen molar-refractivity contribution >= 4 is 0 Å². The molecule has 0 atom stereocenters. The van der Waals surface area contributed by atoms with E-state index in [1.807, 2.05) is 0 Å². The lowest BCUT2D eigenvalue weighted by molar-refractivity contribution is 0.0579. The molecule has 0 aromatic rings. The number of aliphatic hydroxyl groups excluding tert-OH is 1. The Bertz CT molecular complexity index is 160. The smallest absolute Gasteiger partial charge is 0.0460 e. The molecule has 0 unspecified atom stereocenters. The van der Waals surface area contributed by atoms with Gasteiger partial charge in [0.1, 0.15) is 0 Å². The van der Waals surface area contributed by atoms with Gasteiger partial charge in [0.25, 0.3) is 0 Å². The van der Waals surface area contributed by atoms with E-state index < -0.39 is 0 Å². The molecule has 0 amide bonds. The minimum Gasteiger partial charge on any atom is -0.396 e. The summed E-state index contributed by atoms with van der Waals surface area (Å²) >= 11 is 0. The summed E-state index contributed by atoms with van der Waals surface area (Å²) in [4.78, 5) is 2.55. The summed E-state index contributed by atoms with van der Waals surface area (Å²) in [6.45, 7) is 2.71. The van der Waals surface area contributed by atoms with E-state index in [-0.39, 0.29) is 0 Å². The fourth-order valence-electron chi connectivity index (χ4n) is 2.43.